The number of amides is 2. The molecule has 188 valence electrons. The number of hydrogen-bond donors (Lipinski definition) is 2. The van der Waals surface area contributed by atoms with Crippen LogP contribution in [0.5, 0.6) is 0 Å². The third-order valence-corrected chi connectivity index (χ3v) is 6.14. The van der Waals surface area contributed by atoms with Gasteiger partial charge in [0.15, 0.2) is 0 Å². The average molecular weight is 519 g/mol. The molecular formula is C31H38N2O2Ti. The van der Waals surface area contributed by atoms with E-state index in [0.29, 0.717) is 0 Å². The summed E-state index contributed by atoms with van der Waals surface area (Å²) in [6.07, 6.45) is 4.28. The number of hydrogen-bond acceptors (Lipinski definition) is 2. The minimum absolute atomic E-state index is 0. The Kier molecular flexibility index (Phi) is 14.4. The molecule has 0 saturated heterocycles. The molecule has 1 saturated carbocycles. The summed E-state index contributed by atoms with van der Waals surface area (Å²) in [7, 11) is 0. The molecule has 2 N–H and O–H groups in total. The van der Waals surface area contributed by atoms with E-state index in [9.17, 15) is 9.59 Å². The van der Waals surface area contributed by atoms with Crippen LogP contribution in [0.2, 0.25) is 0 Å². The SMILES string of the molecule is CC1(C)CC(NC=O)C(Cc2ccccc2)C(NC=O)C1.[CH2-]c1ccccc1.[CH2-]c1ccccc1.[Ti+2]. The van der Waals surface area contributed by atoms with Gasteiger partial charge < -0.3 is 10.6 Å². The van der Waals surface area contributed by atoms with Crippen LogP contribution < -0.4 is 10.6 Å². The van der Waals surface area contributed by atoms with Crippen molar-refractivity contribution >= 4 is 12.8 Å². The van der Waals surface area contributed by atoms with Gasteiger partial charge in [0.25, 0.3) is 0 Å². The zero-order chi connectivity index (χ0) is 25.5. The van der Waals surface area contributed by atoms with Gasteiger partial charge in [0.2, 0.25) is 12.8 Å². The topological polar surface area (TPSA) is 58.2 Å². The van der Waals surface area contributed by atoms with Gasteiger partial charge >= 0.3 is 21.7 Å². The summed E-state index contributed by atoms with van der Waals surface area (Å²) in [5.74, 6) is 0.218. The fourth-order valence-electron chi connectivity index (χ4n) is 4.52. The summed E-state index contributed by atoms with van der Waals surface area (Å²) in [5, 5.41) is 5.92. The zero-order valence-electron chi connectivity index (χ0n) is 21.4. The molecule has 1 aliphatic rings. The number of benzene rings is 3. The van der Waals surface area contributed by atoms with Crippen LogP contribution in [0.15, 0.2) is 91.0 Å². The standard InChI is InChI=1S/C17H24N2O2.2C7H7.Ti/c1-17(2)9-15(18-11-20)14(16(10-17)19-12-21)8-13-6-4-3-5-7-13;2*1-7-5-3-2-4-6-7;/h3-7,11-12,14-16H,8-10H2,1-2H3,(H,18,20)(H,19,21);2*2-6H,1H2;/q;2*-1;+2. The van der Waals surface area contributed by atoms with Gasteiger partial charge in [-0.05, 0) is 30.2 Å². The van der Waals surface area contributed by atoms with Crippen molar-refractivity contribution < 1.29 is 31.3 Å². The second-order valence-electron chi connectivity index (χ2n) is 9.68. The first kappa shape index (κ1) is 31.1. The minimum atomic E-state index is 0. The Morgan fingerprint density at radius 1 is 0.722 bits per heavy atom. The van der Waals surface area contributed by atoms with Gasteiger partial charge in [0.1, 0.15) is 0 Å². The fourth-order valence-corrected chi connectivity index (χ4v) is 4.52. The van der Waals surface area contributed by atoms with Crippen LogP contribution in [-0.2, 0) is 37.7 Å². The zero-order valence-corrected chi connectivity index (χ0v) is 23.0. The molecule has 3 aromatic carbocycles. The maximum atomic E-state index is 10.9. The molecule has 2 unspecified atom stereocenters. The van der Waals surface area contributed by atoms with Gasteiger partial charge in [-0.1, -0.05) is 56.3 Å². The van der Waals surface area contributed by atoms with Crippen LogP contribution in [0.25, 0.3) is 0 Å². The Balaban J connectivity index is 0.000000351. The first-order chi connectivity index (χ1) is 16.8. The predicted octanol–water partition coefficient (Wildman–Crippen LogP) is 5.63. The second kappa shape index (κ2) is 16.7. The monoisotopic (exact) mass is 518 g/mol. The number of carbonyl (C=O) groups is 2. The normalized spacial score (nSPS) is 19.4. The van der Waals surface area contributed by atoms with Gasteiger partial charge in [-0.2, -0.15) is 49.2 Å². The van der Waals surface area contributed by atoms with Crippen molar-refractivity contribution in [3.05, 3.63) is 122 Å². The van der Waals surface area contributed by atoms with Crippen molar-refractivity contribution in [1.82, 2.24) is 10.6 Å². The molecule has 5 heteroatoms. The first-order valence-corrected chi connectivity index (χ1v) is 12.0. The molecule has 2 amide bonds. The summed E-state index contributed by atoms with van der Waals surface area (Å²) in [5.41, 5.74) is 3.48. The Morgan fingerprint density at radius 2 is 1.08 bits per heavy atom. The molecule has 1 aliphatic carbocycles. The van der Waals surface area contributed by atoms with Crippen molar-refractivity contribution in [3.8, 4) is 0 Å². The van der Waals surface area contributed by atoms with E-state index in [1.54, 1.807) is 0 Å². The summed E-state index contributed by atoms with van der Waals surface area (Å²) in [6, 6.07) is 30.1. The predicted molar refractivity (Wildman–Crippen MR) is 144 cm³/mol. The Bertz CT molecular complexity index is 922. The van der Waals surface area contributed by atoms with Crippen LogP contribution in [0.1, 0.15) is 43.4 Å². The molecule has 0 aliphatic heterocycles. The molecule has 0 spiro atoms. The molecule has 4 rings (SSSR count). The van der Waals surface area contributed by atoms with E-state index in [0.717, 1.165) is 43.2 Å². The smallest absolute Gasteiger partial charge is 0.356 e. The maximum Gasteiger partial charge on any atom is 2.00 e. The molecule has 2 atom stereocenters. The van der Waals surface area contributed by atoms with E-state index >= 15 is 0 Å². The molecule has 0 heterocycles. The molecule has 4 nitrogen and oxygen atoms in total. The number of nitrogens with one attached hydrogen (secondary N) is 2. The second-order valence-corrected chi connectivity index (χ2v) is 9.68. The molecular weight excluding hydrogens is 480 g/mol. The van der Waals surface area contributed by atoms with Crippen molar-refractivity contribution in [2.45, 2.75) is 45.2 Å². The van der Waals surface area contributed by atoms with Gasteiger partial charge in [0, 0.05) is 18.0 Å². The van der Waals surface area contributed by atoms with Crippen LogP contribution in [0.4, 0.5) is 0 Å². The van der Waals surface area contributed by atoms with Gasteiger partial charge in [-0.15, -0.1) is 24.3 Å². The van der Waals surface area contributed by atoms with Crippen molar-refractivity contribution in [3.63, 3.8) is 0 Å². The van der Waals surface area contributed by atoms with E-state index in [1.165, 1.54) is 5.56 Å². The van der Waals surface area contributed by atoms with Gasteiger partial charge in [0.05, 0.1) is 0 Å². The third kappa shape index (κ3) is 11.7. The largest absolute Gasteiger partial charge is 2.00 e. The van der Waals surface area contributed by atoms with Crippen molar-refractivity contribution in [1.29, 1.82) is 0 Å². The van der Waals surface area contributed by atoms with Gasteiger partial charge in [-0.3, -0.25) is 9.59 Å². The Hall–Kier alpha value is -2.95. The Morgan fingerprint density at radius 3 is 1.39 bits per heavy atom. The van der Waals surface area contributed by atoms with E-state index < -0.39 is 0 Å². The average Bonchev–Trinajstić information content (AvgIpc) is 2.84. The molecule has 3 aromatic rings. The van der Waals surface area contributed by atoms with Crippen LogP contribution in [-0.4, -0.2) is 24.9 Å². The number of rotatable bonds is 6. The molecule has 0 bridgehead atoms. The summed E-state index contributed by atoms with van der Waals surface area (Å²) < 4.78 is 0. The van der Waals surface area contributed by atoms with Gasteiger partial charge in [-0.25, -0.2) is 0 Å². The van der Waals surface area contributed by atoms with E-state index in [1.807, 2.05) is 78.9 Å². The fraction of sp³-hybridized carbons (Fsp3) is 0.290. The van der Waals surface area contributed by atoms with E-state index in [4.69, 9.17) is 0 Å². The third-order valence-electron chi connectivity index (χ3n) is 6.14. The first-order valence-electron chi connectivity index (χ1n) is 12.0. The minimum Gasteiger partial charge on any atom is -0.356 e. The van der Waals surface area contributed by atoms with Crippen LogP contribution in [0, 0.1) is 25.2 Å². The summed E-state index contributed by atoms with van der Waals surface area (Å²) in [4.78, 5) is 21.9. The molecule has 0 aromatic heterocycles. The summed E-state index contributed by atoms with van der Waals surface area (Å²) >= 11 is 0. The summed E-state index contributed by atoms with van der Waals surface area (Å²) in [6.45, 7) is 11.8. The van der Waals surface area contributed by atoms with E-state index in [2.05, 4.69) is 50.5 Å². The van der Waals surface area contributed by atoms with Crippen LogP contribution in [0.3, 0.4) is 0 Å². The molecule has 36 heavy (non-hydrogen) atoms. The van der Waals surface area contributed by atoms with Crippen molar-refractivity contribution in [2.75, 3.05) is 0 Å². The van der Waals surface area contributed by atoms with Crippen molar-refractivity contribution in [2.24, 2.45) is 11.3 Å². The number of carbonyl (C=O) groups excluding carboxylic acids is 2. The maximum absolute atomic E-state index is 10.9. The van der Waals surface area contributed by atoms with Crippen LogP contribution >= 0.6 is 0 Å². The molecule has 0 radical (unpaired) electrons. The molecule has 1 fully saturated rings. The quantitative estimate of drug-likeness (QED) is 0.253. The van der Waals surface area contributed by atoms with E-state index in [-0.39, 0.29) is 45.1 Å². The Labute approximate surface area is 232 Å².